The second kappa shape index (κ2) is 4.81. The first-order valence-corrected chi connectivity index (χ1v) is 7.04. The molecule has 0 radical (unpaired) electrons. The molecular formula is C14H19N3OS. The van der Waals surface area contributed by atoms with Crippen LogP contribution in [0.15, 0.2) is 18.2 Å². The zero-order valence-electron chi connectivity index (χ0n) is 11.9. The van der Waals surface area contributed by atoms with Crippen molar-refractivity contribution in [1.29, 1.82) is 0 Å². The van der Waals surface area contributed by atoms with Gasteiger partial charge in [0, 0.05) is 10.9 Å². The van der Waals surface area contributed by atoms with Gasteiger partial charge in [-0.1, -0.05) is 0 Å². The maximum atomic E-state index is 12.2. The van der Waals surface area contributed by atoms with Crippen LogP contribution in [0, 0.1) is 13.8 Å². The molecule has 19 heavy (non-hydrogen) atoms. The topological polar surface area (TPSA) is 46.9 Å². The molecule has 0 aliphatic carbocycles. The predicted octanol–water partition coefficient (Wildman–Crippen LogP) is 3.57. The van der Waals surface area contributed by atoms with Gasteiger partial charge in [-0.2, -0.15) is 5.10 Å². The molecule has 2 rings (SSSR count). The number of thiophene rings is 1. The van der Waals surface area contributed by atoms with E-state index in [-0.39, 0.29) is 11.4 Å². The van der Waals surface area contributed by atoms with Gasteiger partial charge in [0.1, 0.15) is 5.82 Å². The number of aryl methyl sites for hydroxylation is 2. The summed E-state index contributed by atoms with van der Waals surface area (Å²) in [6, 6.07) is 5.69. The molecule has 0 atom stereocenters. The van der Waals surface area contributed by atoms with Gasteiger partial charge in [-0.25, -0.2) is 4.68 Å². The molecule has 0 saturated heterocycles. The molecule has 4 nitrogen and oxygen atoms in total. The van der Waals surface area contributed by atoms with Crippen molar-refractivity contribution in [3.8, 4) is 0 Å². The van der Waals surface area contributed by atoms with Gasteiger partial charge in [0.05, 0.1) is 16.1 Å². The molecule has 0 aliphatic rings. The molecule has 2 heterocycles. The number of nitrogens with zero attached hydrogens (tertiary/aromatic N) is 2. The van der Waals surface area contributed by atoms with Crippen molar-refractivity contribution in [3.05, 3.63) is 33.6 Å². The van der Waals surface area contributed by atoms with E-state index >= 15 is 0 Å². The molecule has 0 fully saturated rings. The first-order valence-electron chi connectivity index (χ1n) is 6.22. The zero-order valence-corrected chi connectivity index (χ0v) is 12.8. The summed E-state index contributed by atoms with van der Waals surface area (Å²) in [6.45, 7) is 10.1. The van der Waals surface area contributed by atoms with Crippen LogP contribution in [0.3, 0.4) is 0 Å². The molecule has 1 amide bonds. The smallest absolute Gasteiger partial charge is 0.266 e. The van der Waals surface area contributed by atoms with Crippen molar-refractivity contribution < 1.29 is 4.79 Å². The van der Waals surface area contributed by atoms with Crippen molar-refractivity contribution >= 4 is 23.1 Å². The van der Waals surface area contributed by atoms with Gasteiger partial charge in [-0.3, -0.25) is 4.79 Å². The van der Waals surface area contributed by atoms with Gasteiger partial charge in [-0.15, -0.1) is 11.3 Å². The van der Waals surface area contributed by atoms with Gasteiger partial charge >= 0.3 is 0 Å². The molecule has 0 aromatic carbocycles. The Morgan fingerprint density at radius 3 is 2.53 bits per heavy atom. The minimum Gasteiger partial charge on any atom is -0.306 e. The van der Waals surface area contributed by atoms with Gasteiger partial charge in [0.15, 0.2) is 0 Å². The van der Waals surface area contributed by atoms with E-state index < -0.39 is 0 Å². The van der Waals surface area contributed by atoms with Gasteiger partial charge < -0.3 is 5.32 Å². The van der Waals surface area contributed by atoms with Crippen LogP contribution in [0.1, 0.15) is 41.0 Å². The van der Waals surface area contributed by atoms with E-state index in [2.05, 4.69) is 31.2 Å². The number of aromatic nitrogens is 2. The minimum atomic E-state index is -0.164. The summed E-state index contributed by atoms with van der Waals surface area (Å²) in [4.78, 5) is 14.0. The van der Waals surface area contributed by atoms with Crippen LogP contribution in [-0.4, -0.2) is 15.7 Å². The maximum Gasteiger partial charge on any atom is 0.266 e. The lowest BCUT2D eigenvalue weighted by Gasteiger charge is -2.22. The number of anilines is 1. The Hall–Kier alpha value is -1.62. The number of nitrogens with one attached hydrogen (secondary N) is 1. The standard InChI is InChI=1S/C14H19N3OS/c1-9-8-12(17(16-9)14(3,4)5)15-13(18)11-7-6-10(2)19-11/h6-8H,1-5H3,(H,15,18). The second-order valence-electron chi connectivity index (χ2n) is 5.62. The van der Waals surface area contributed by atoms with Crippen molar-refractivity contribution in [2.75, 3.05) is 5.32 Å². The lowest BCUT2D eigenvalue weighted by molar-refractivity contribution is 0.102. The molecular weight excluding hydrogens is 258 g/mol. The molecule has 0 spiro atoms. The maximum absolute atomic E-state index is 12.2. The Morgan fingerprint density at radius 1 is 1.32 bits per heavy atom. The van der Waals surface area contributed by atoms with E-state index in [0.29, 0.717) is 0 Å². The molecule has 1 N–H and O–H groups in total. The summed E-state index contributed by atoms with van der Waals surface area (Å²) in [5, 5.41) is 7.38. The first kappa shape index (κ1) is 13.8. The third-order valence-electron chi connectivity index (χ3n) is 2.67. The SMILES string of the molecule is Cc1cc(NC(=O)c2ccc(C)s2)n(C(C)(C)C)n1. The monoisotopic (exact) mass is 277 g/mol. The Labute approximate surface area is 117 Å². The Kier molecular flexibility index (Phi) is 3.49. The summed E-state index contributed by atoms with van der Waals surface area (Å²) >= 11 is 1.49. The summed E-state index contributed by atoms with van der Waals surface area (Å²) in [5.74, 6) is 0.657. The number of carbonyl (C=O) groups excluding carboxylic acids is 1. The highest BCUT2D eigenvalue weighted by Crippen LogP contribution is 2.23. The van der Waals surface area contributed by atoms with Crippen LogP contribution >= 0.6 is 11.3 Å². The van der Waals surface area contributed by atoms with E-state index in [9.17, 15) is 4.79 Å². The molecule has 0 saturated carbocycles. The van der Waals surface area contributed by atoms with Gasteiger partial charge in [0.2, 0.25) is 0 Å². The minimum absolute atomic E-state index is 0.0801. The van der Waals surface area contributed by atoms with Crippen LogP contribution in [0.25, 0.3) is 0 Å². The molecule has 0 bridgehead atoms. The van der Waals surface area contributed by atoms with E-state index in [1.807, 2.05) is 36.7 Å². The number of amides is 1. The molecule has 102 valence electrons. The number of carbonyl (C=O) groups is 1. The fraction of sp³-hybridized carbons (Fsp3) is 0.429. The summed E-state index contributed by atoms with van der Waals surface area (Å²) in [5.41, 5.74) is 0.731. The second-order valence-corrected chi connectivity index (χ2v) is 6.91. The third-order valence-corrected chi connectivity index (χ3v) is 3.67. The highest BCUT2D eigenvalue weighted by Gasteiger charge is 2.20. The van der Waals surface area contributed by atoms with Crippen LogP contribution in [0.4, 0.5) is 5.82 Å². The fourth-order valence-corrected chi connectivity index (χ4v) is 2.60. The Morgan fingerprint density at radius 2 is 2.00 bits per heavy atom. The molecule has 0 unspecified atom stereocenters. The fourth-order valence-electron chi connectivity index (χ4n) is 1.83. The zero-order chi connectivity index (χ0) is 14.2. The first-order chi connectivity index (χ1) is 8.77. The molecule has 2 aromatic rings. The molecule has 2 aromatic heterocycles. The summed E-state index contributed by atoms with van der Waals surface area (Å²) < 4.78 is 1.85. The Bertz CT molecular complexity index is 604. The van der Waals surface area contributed by atoms with Crippen molar-refractivity contribution in [1.82, 2.24) is 9.78 Å². The number of hydrogen-bond donors (Lipinski definition) is 1. The largest absolute Gasteiger partial charge is 0.306 e. The van der Waals surface area contributed by atoms with Crippen LogP contribution in [-0.2, 0) is 5.54 Å². The van der Waals surface area contributed by atoms with Crippen LogP contribution in [0.5, 0.6) is 0 Å². The average Bonchev–Trinajstić information content (AvgIpc) is 2.84. The van der Waals surface area contributed by atoms with Crippen LogP contribution < -0.4 is 5.32 Å². The summed E-state index contributed by atoms with van der Waals surface area (Å²) in [6.07, 6.45) is 0. The third kappa shape index (κ3) is 3.04. The highest BCUT2D eigenvalue weighted by atomic mass is 32.1. The lowest BCUT2D eigenvalue weighted by atomic mass is 10.1. The number of hydrogen-bond acceptors (Lipinski definition) is 3. The van der Waals surface area contributed by atoms with E-state index in [1.165, 1.54) is 11.3 Å². The normalized spacial score (nSPS) is 11.6. The van der Waals surface area contributed by atoms with Gasteiger partial charge in [-0.05, 0) is 46.8 Å². The number of rotatable bonds is 2. The van der Waals surface area contributed by atoms with E-state index in [1.54, 1.807) is 0 Å². The molecule has 5 heteroatoms. The summed E-state index contributed by atoms with van der Waals surface area (Å²) in [7, 11) is 0. The van der Waals surface area contributed by atoms with Crippen molar-refractivity contribution in [2.24, 2.45) is 0 Å². The van der Waals surface area contributed by atoms with Crippen molar-refractivity contribution in [2.45, 2.75) is 40.2 Å². The van der Waals surface area contributed by atoms with E-state index in [4.69, 9.17) is 0 Å². The van der Waals surface area contributed by atoms with Crippen LogP contribution in [0.2, 0.25) is 0 Å². The lowest BCUT2D eigenvalue weighted by Crippen LogP contribution is -2.26. The average molecular weight is 277 g/mol. The highest BCUT2D eigenvalue weighted by molar-refractivity contribution is 7.14. The van der Waals surface area contributed by atoms with Crippen molar-refractivity contribution in [3.63, 3.8) is 0 Å². The molecule has 0 aliphatic heterocycles. The Balaban J connectivity index is 2.27. The van der Waals surface area contributed by atoms with Gasteiger partial charge in [0.25, 0.3) is 5.91 Å². The predicted molar refractivity (Wildman–Crippen MR) is 79.0 cm³/mol. The van der Waals surface area contributed by atoms with E-state index in [0.717, 1.165) is 21.3 Å². The quantitative estimate of drug-likeness (QED) is 0.912.